The number of thioether (sulfide) groups is 1. The average molecular weight is 283 g/mol. The van der Waals surface area contributed by atoms with E-state index in [1.807, 2.05) is 30.5 Å². The summed E-state index contributed by atoms with van der Waals surface area (Å²) >= 11 is 2.96. The molecular formula is C12H13NO3S2. The van der Waals surface area contributed by atoms with Gasteiger partial charge in [-0.3, -0.25) is 4.79 Å². The second kappa shape index (κ2) is 6.06. The molecule has 0 bridgehead atoms. The van der Waals surface area contributed by atoms with Crippen molar-refractivity contribution in [1.82, 2.24) is 5.16 Å². The Balaban J connectivity index is 1.97. The number of hydrogen-bond acceptors (Lipinski definition) is 5. The first kappa shape index (κ1) is 13.2. The van der Waals surface area contributed by atoms with Gasteiger partial charge in [-0.25, -0.2) is 0 Å². The molecule has 2 aromatic rings. The summed E-state index contributed by atoms with van der Waals surface area (Å²) in [7, 11) is 0. The van der Waals surface area contributed by atoms with E-state index >= 15 is 0 Å². The summed E-state index contributed by atoms with van der Waals surface area (Å²) in [5.41, 5.74) is 0.781. The van der Waals surface area contributed by atoms with Crippen molar-refractivity contribution in [3.63, 3.8) is 0 Å². The van der Waals surface area contributed by atoms with Crippen molar-refractivity contribution in [1.29, 1.82) is 0 Å². The van der Waals surface area contributed by atoms with Crippen LogP contribution in [-0.2, 0) is 10.5 Å². The van der Waals surface area contributed by atoms with Gasteiger partial charge in [0.25, 0.3) is 0 Å². The molecule has 0 saturated heterocycles. The fraction of sp³-hybridized carbons (Fsp3) is 0.333. The minimum atomic E-state index is -0.774. The van der Waals surface area contributed by atoms with Crippen LogP contribution in [0.5, 0.6) is 0 Å². The van der Waals surface area contributed by atoms with Crippen molar-refractivity contribution >= 4 is 29.1 Å². The van der Waals surface area contributed by atoms with Crippen LogP contribution in [-0.4, -0.2) is 21.5 Å². The molecule has 0 amide bonds. The van der Waals surface area contributed by atoms with Gasteiger partial charge < -0.3 is 9.63 Å². The lowest BCUT2D eigenvalue weighted by Gasteiger charge is -2.06. The summed E-state index contributed by atoms with van der Waals surface area (Å²) in [6.07, 6.45) is 0.607. The number of aliphatic carboxylic acids is 1. The van der Waals surface area contributed by atoms with Crippen LogP contribution in [0, 0.1) is 0 Å². The van der Waals surface area contributed by atoms with Gasteiger partial charge in [0.1, 0.15) is 5.25 Å². The highest BCUT2D eigenvalue weighted by molar-refractivity contribution is 7.99. The van der Waals surface area contributed by atoms with Crippen LogP contribution >= 0.6 is 23.1 Å². The number of carbonyl (C=O) groups is 1. The number of rotatable bonds is 6. The van der Waals surface area contributed by atoms with Gasteiger partial charge in [-0.2, -0.15) is 0 Å². The highest BCUT2D eigenvalue weighted by Crippen LogP contribution is 2.27. The maximum atomic E-state index is 10.9. The quantitative estimate of drug-likeness (QED) is 0.879. The summed E-state index contributed by atoms with van der Waals surface area (Å²) in [4.78, 5) is 11.9. The second-order valence-electron chi connectivity index (χ2n) is 3.71. The van der Waals surface area contributed by atoms with Crippen LogP contribution in [0.2, 0.25) is 0 Å². The Labute approximate surface area is 113 Å². The largest absolute Gasteiger partial charge is 0.480 e. The van der Waals surface area contributed by atoms with E-state index in [0.29, 0.717) is 12.2 Å². The molecule has 0 spiro atoms. The van der Waals surface area contributed by atoms with Crippen LogP contribution in [0.1, 0.15) is 19.0 Å². The third-order valence-corrected chi connectivity index (χ3v) is 4.69. The lowest BCUT2D eigenvalue weighted by Crippen LogP contribution is -2.15. The maximum absolute atomic E-state index is 10.9. The molecular weight excluding hydrogens is 270 g/mol. The third-order valence-electron chi connectivity index (χ3n) is 2.40. The zero-order valence-electron chi connectivity index (χ0n) is 9.83. The Morgan fingerprint density at radius 2 is 2.50 bits per heavy atom. The number of aromatic nitrogens is 1. The average Bonchev–Trinajstić information content (AvgIpc) is 2.99. The predicted octanol–water partition coefficient (Wildman–Crippen LogP) is 3.50. The zero-order chi connectivity index (χ0) is 13.0. The van der Waals surface area contributed by atoms with Crippen LogP contribution in [0.4, 0.5) is 0 Å². The summed E-state index contributed by atoms with van der Waals surface area (Å²) in [6.45, 7) is 1.87. The number of nitrogens with zero attached hydrogens (tertiary/aromatic N) is 1. The standard InChI is InChI=1S/C12H13NO3S2/c1-2-10(12(14)15)18-7-8-6-9(16-13-8)11-4-3-5-17-11/h3-6,10H,2,7H2,1H3,(H,14,15). The number of carboxylic acid groups (broad SMARTS) is 1. The molecule has 0 aromatic carbocycles. The molecule has 0 fully saturated rings. The highest BCUT2D eigenvalue weighted by atomic mass is 32.2. The molecule has 0 aliphatic rings. The van der Waals surface area contributed by atoms with E-state index in [0.717, 1.165) is 16.3 Å². The minimum absolute atomic E-state index is 0.383. The Kier molecular flexibility index (Phi) is 4.43. The molecule has 0 radical (unpaired) electrons. The van der Waals surface area contributed by atoms with Crippen molar-refractivity contribution in [3.8, 4) is 10.6 Å². The van der Waals surface area contributed by atoms with E-state index in [2.05, 4.69) is 5.16 Å². The van der Waals surface area contributed by atoms with Crippen LogP contribution in [0.3, 0.4) is 0 Å². The molecule has 1 unspecified atom stereocenters. The van der Waals surface area contributed by atoms with E-state index in [4.69, 9.17) is 9.63 Å². The molecule has 1 N–H and O–H groups in total. The van der Waals surface area contributed by atoms with Crippen molar-refractivity contribution in [2.75, 3.05) is 0 Å². The lowest BCUT2D eigenvalue weighted by molar-refractivity contribution is -0.136. The molecule has 2 heterocycles. The fourth-order valence-corrected chi connectivity index (χ4v) is 3.02. The molecule has 96 valence electrons. The van der Waals surface area contributed by atoms with Gasteiger partial charge in [0.05, 0.1) is 10.6 Å². The zero-order valence-corrected chi connectivity index (χ0v) is 11.5. The summed E-state index contributed by atoms with van der Waals surface area (Å²) in [5.74, 6) is 0.521. The minimum Gasteiger partial charge on any atom is -0.480 e. The van der Waals surface area contributed by atoms with E-state index in [9.17, 15) is 4.79 Å². The summed E-state index contributed by atoms with van der Waals surface area (Å²) in [6, 6.07) is 5.79. The van der Waals surface area contributed by atoms with Gasteiger partial charge in [-0.15, -0.1) is 23.1 Å². The van der Waals surface area contributed by atoms with Gasteiger partial charge in [-0.1, -0.05) is 18.1 Å². The SMILES string of the molecule is CCC(SCc1cc(-c2cccs2)on1)C(=O)O. The molecule has 0 saturated carbocycles. The van der Waals surface area contributed by atoms with Crippen molar-refractivity contribution in [2.45, 2.75) is 24.3 Å². The van der Waals surface area contributed by atoms with E-state index in [1.165, 1.54) is 11.8 Å². The van der Waals surface area contributed by atoms with Gasteiger partial charge >= 0.3 is 5.97 Å². The van der Waals surface area contributed by atoms with Crippen molar-refractivity contribution in [2.24, 2.45) is 0 Å². The Hall–Kier alpha value is -1.27. The highest BCUT2D eigenvalue weighted by Gasteiger charge is 2.16. The molecule has 18 heavy (non-hydrogen) atoms. The predicted molar refractivity (Wildman–Crippen MR) is 72.8 cm³/mol. The number of hydrogen-bond donors (Lipinski definition) is 1. The molecule has 0 aliphatic heterocycles. The Morgan fingerprint density at radius 3 is 3.11 bits per heavy atom. The van der Waals surface area contributed by atoms with Crippen LogP contribution in [0.15, 0.2) is 28.1 Å². The molecule has 0 aliphatic carbocycles. The van der Waals surface area contributed by atoms with E-state index in [1.54, 1.807) is 11.3 Å². The van der Waals surface area contributed by atoms with Gasteiger partial charge in [0.15, 0.2) is 5.76 Å². The lowest BCUT2D eigenvalue weighted by atomic mass is 10.3. The van der Waals surface area contributed by atoms with E-state index in [-0.39, 0.29) is 5.25 Å². The first-order valence-corrected chi connectivity index (χ1v) is 7.47. The smallest absolute Gasteiger partial charge is 0.316 e. The maximum Gasteiger partial charge on any atom is 0.316 e. The fourth-order valence-electron chi connectivity index (χ4n) is 1.46. The van der Waals surface area contributed by atoms with Crippen molar-refractivity contribution in [3.05, 3.63) is 29.3 Å². The Morgan fingerprint density at radius 1 is 1.67 bits per heavy atom. The molecule has 2 rings (SSSR count). The first-order chi connectivity index (χ1) is 8.70. The second-order valence-corrected chi connectivity index (χ2v) is 5.84. The summed E-state index contributed by atoms with van der Waals surface area (Å²) < 4.78 is 5.24. The first-order valence-electron chi connectivity index (χ1n) is 5.54. The van der Waals surface area contributed by atoms with Gasteiger partial charge in [0, 0.05) is 11.8 Å². The molecule has 2 aromatic heterocycles. The summed E-state index contributed by atoms with van der Waals surface area (Å²) in [5, 5.41) is 14.5. The van der Waals surface area contributed by atoms with E-state index < -0.39 is 5.97 Å². The molecule has 6 heteroatoms. The third kappa shape index (κ3) is 3.14. The Bertz CT molecular complexity index is 507. The van der Waals surface area contributed by atoms with Crippen molar-refractivity contribution < 1.29 is 14.4 Å². The van der Waals surface area contributed by atoms with Gasteiger partial charge in [-0.05, 0) is 17.9 Å². The van der Waals surface area contributed by atoms with Crippen LogP contribution < -0.4 is 0 Å². The topological polar surface area (TPSA) is 63.3 Å². The van der Waals surface area contributed by atoms with Gasteiger partial charge in [0.2, 0.25) is 0 Å². The number of carboxylic acids is 1. The monoisotopic (exact) mass is 283 g/mol. The molecule has 4 nitrogen and oxygen atoms in total. The normalized spacial score (nSPS) is 12.5. The molecule has 1 atom stereocenters. The number of thiophene rings is 1. The van der Waals surface area contributed by atoms with Crippen LogP contribution in [0.25, 0.3) is 10.6 Å².